The summed E-state index contributed by atoms with van der Waals surface area (Å²) in [6.45, 7) is 4.45. The van der Waals surface area contributed by atoms with E-state index in [0.717, 1.165) is 17.7 Å². The van der Waals surface area contributed by atoms with Crippen molar-refractivity contribution < 1.29 is 0 Å². The Morgan fingerprint density at radius 3 is 1.94 bits per heavy atom. The Morgan fingerprint density at radius 1 is 0.833 bits per heavy atom. The van der Waals surface area contributed by atoms with Crippen LogP contribution in [-0.2, 0) is 0 Å². The maximum atomic E-state index is 5.99. The molecule has 0 N–H and O–H groups in total. The Bertz CT molecular complexity index is 174. The topological polar surface area (TPSA) is 0 Å². The summed E-state index contributed by atoms with van der Waals surface area (Å²) >= 11 is 13.3. The molecule has 0 aliphatic rings. The fourth-order valence-electron chi connectivity index (χ4n) is 2.12. The van der Waals surface area contributed by atoms with Gasteiger partial charge in [0.1, 0.15) is 0 Å². The number of hydrogen-bond acceptors (Lipinski definition) is 0. The quantitative estimate of drug-likeness (QED) is 0.245. The molecule has 0 saturated heterocycles. The monoisotopic (exact) mass is 402 g/mol. The fourth-order valence-corrected chi connectivity index (χ4v) is 3.17. The molecule has 110 valence electrons. The molecule has 18 heavy (non-hydrogen) atoms. The largest absolute Gasteiger partial charge is 0.123 e. The van der Waals surface area contributed by atoms with Crippen molar-refractivity contribution in [2.45, 2.75) is 81.8 Å². The van der Waals surface area contributed by atoms with Gasteiger partial charge >= 0.3 is 0 Å². The molecule has 3 unspecified atom stereocenters. The van der Waals surface area contributed by atoms with Crippen molar-refractivity contribution in [2.75, 3.05) is 5.33 Å². The molecule has 0 bridgehead atoms. The highest BCUT2D eigenvalue weighted by Crippen LogP contribution is 2.25. The number of rotatable bonds is 12. The van der Waals surface area contributed by atoms with Crippen LogP contribution >= 0.6 is 43.5 Å². The standard InChI is InChI=1S/C15H29Br2Cl/c1-13(15(17)11-10-14(2)18)9-7-5-3-4-6-8-12-16/h13-15H,3-12H2,1-2H3. The SMILES string of the molecule is CC(Cl)CCC(Br)C(C)CCCCCCCCBr. The van der Waals surface area contributed by atoms with Gasteiger partial charge in [0.05, 0.1) is 0 Å². The third kappa shape index (κ3) is 12.3. The van der Waals surface area contributed by atoms with E-state index in [1.165, 1.54) is 51.4 Å². The molecule has 0 aliphatic carbocycles. The molecule has 0 nitrogen and oxygen atoms in total. The lowest BCUT2D eigenvalue weighted by molar-refractivity contribution is 0.453. The Kier molecular flexibility index (Phi) is 14.2. The zero-order valence-corrected chi connectivity index (χ0v) is 15.9. The van der Waals surface area contributed by atoms with Crippen molar-refractivity contribution >= 4 is 43.5 Å². The van der Waals surface area contributed by atoms with Gasteiger partial charge in [0, 0.05) is 15.5 Å². The van der Waals surface area contributed by atoms with E-state index >= 15 is 0 Å². The highest BCUT2D eigenvalue weighted by molar-refractivity contribution is 9.09. The van der Waals surface area contributed by atoms with Crippen molar-refractivity contribution in [1.82, 2.24) is 0 Å². The molecule has 0 amide bonds. The van der Waals surface area contributed by atoms with Gasteiger partial charge in [-0.3, -0.25) is 0 Å². The van der Waals surface area contributed by atoms with Gasteiger partial charge < -0.3 is 0 Å². The number of unbranched alkanes of at least 4 members (excludes halogenated alkanes) is 5. The van der Waals surface area contributed by atoms with E-state index in [0.29, 0.717) is 10.2 Å². The maximum absolute atomic E-state index is 5.99. The third-order valence-electron chi connectivity index (χ3n) is 3.50. The average Bonchev–Trinajstić information content (AvgIpc) is 2.34. The van der Waals surface area contributed by atoms with Crippen molar-refractivity contribution in [1.29, 1.82) is 0 Å². The summed E-state index contributed by atoms with van der Waals surface area (Å²) in [5, 5.41) is 1.47. The van der Waals surface area contributed by atoms with Gasteiger partial charge in [-0.05, 0) is 38.5 Å². The molecule has 0 fully saturated rings. The normalized spacial score (nSPS) is 16.5. The lowest BCUT2D eigenvalue weighted by Crippen LogP contribution is -2.12. The molecule has 3 atom stereocenters. The minimum Gasteiger partial charge on any atom is -0.123 e. The van der Waals surface area contributed by atoms with Crippen LogP contribution in [0.25, 0.3) is 0 Å². The average molecular weight is 405 g/mol. The molecule has 0 heterocycles. The van der Waals surface area contributed by atoms with Gasteiger partial charge in [-0.25, -0.2) is 0 Å². The lowest BCUT2D eigenvalue weighted by Gasteiger charge is -2.18. The molecule has 0 aliphatic heterocycles. The van der Waals surface area contributed by atoms with Crippen LogP contribution in [0.4, 0.5) is 0 Å². The predicted molar refractivity (Wildman–Crippen MR) is 92.5 cm³/mol. The fraction of sp³-hybridized carbons (Fsp3) is 1.00. The first-order valence-electron chi connectivity index (χ1n) is 7.42. The first-order chi connectivity index (χ1) is 8.57. The van der Waals surface area contributed by atoms with E-state index in [1.54, 1.807) is 0 Å². The second-order valence-corrected chi connectivity index (χ2v) is 8.16. The lowest BCUT2D eigenvalue weighted by atomic mass is 9.96. The Balaban J connectivity index is 3.37. The molecule has 0 aromatic rings. The third-order valence-corrected chi connectivity index (χ3v) is 5.64. The second-order valence-electron chi connectivity index (χ2n) is 5.45. The van der Waals surface area contributed by atoms with Crippen LogP contribution in [0.1, 0.15) is 71.6 Å². The molecule has 0 aromatic heterocycles. The van der Waals surface area contributed by atoms with Crippen LogP contribution in [0.15, 0.2) is 0 Å². The molecule has 3 heteroatoms. The van der Waals surface area contributed by atoms with E-state index in [9.17, 15) is 0 Å². The number of halogens is 3. The summed E-state index contributed by atoms with van der Waals surface area (Å²) in [4.78, 5) is 0.645. The second kappa shape index (κ2) is 13.2. The van der Waals surface area contributed by atoms with Crippen LogP contribution in [0.3, 0.4) is 0 Å². The number of hydrogen-bond donors (Lipinski definition) is 0. The van der Waals surface area contributed by atoms with Gasteiger partial charge in [0.15, 0.2) is 0 Å². The van der Waals surface area contributed by atoms with Crippen molar-refractivity contribution in [3.8, 4) is 0 Å². The van der Waals surface area contributed by atoms with Crippen molar-refractivity contribution in [3.63, 3.8) is 0 Å². The zero-order valence-electron chi connectivity index (χ0n) is 11.9. The summed E-state index contributed by atoms with van der Waals surface area (Å²) in [5.74, 6) is 0.781. The molecule has 0 saturated carbocycles. The van der Waals surface area contributed by atoms with Crippen molar-refractivity contribution in [3.05, 3.63) is 0 Å². The van der Waals surface area contributed by atoms with Gasteiger partial charge in [-0.1, -0.05) is 70.9 Å². The summed E-state index contributed by atoms with van der Waals surface area (Å²) in [5.41, 5.74) is 0. The van der Waals surface area contributed by atoms with Crippen LogP contribution in [0.5, 0.6) is 0 Å². The molecule has 0 spiro atoms. The summed E-state index contributed by atoms with van der Waals surface area (Å²) < 4.78 is 0. The van der Waals surface area contributed by atoms with E-state index in [-0.39, 0.29) is 0 Å². The minimum absolute atomic E-state index is 0.312. The Hall–Kier alpha value is 1.25. The predicted octanol–water partition coefficient (Wildman–Crippen LogP) is 6.92. The van der Waals surface area contributed by atoms with Gasteiger partial charge in [-0.2, -0.15) is 0 Å². The summed E-state index contributed by atoms with van der Waals surface area (Å²) in [7, 11) is 0. The number of alkyl halides is 3. The van der Waals surface area contributed by atoms with Crippen molar-refractivity contribution in [2.24, 2.45) is 5.92 Å². The smallest absolute Gasteiger partial charge is 0.0308 e. The van der Waals surface area contributed by atoms with E-state index in [2.05, 4.69) is 45.7 Å². The molecular weight excluding hydrogens is 375 g/mol. The molecule has 0 aromatic carbocycles. The molecule has 0 rings (SSSR count). The first-order valence-corrected chi connectivity index (χ1v) is 9.89. The minimum atomic E-state index is 0.312. The van der Waals surface area contributed by atoms with Crippen LogP contribution < -0.4 is 0 Å². The first kappa shape index (κ1) is 19.2. The molecule has 0 radical (unpaired) electrons. The Labute approximate surface area is 136 Å². The zero-order chi connectivity index (χ0) is 13.8. The summed E-state index contributed by atoms with van der Waals surface area (Å²) in [6, 6.07) is 0. The van der Waals surface area contributed by atoms with Crippen LogP contribution in [0.2, 0.25) is 0 Å². The van der Waals surface area contributed by atoms with E-state index in [1.807, 2.05) is 0 Å². The highest BCUT2D eigenvalue weighted by atomic mass is 79.9. The maximum Gasteiger partial charge on any atom is 0.0308 e. The van der Waals surface area contributed by atoms with E-state index in [4.69, 9.17) is 11.6 Å². The van der Waals surface area contributed by atoms with Gasteiger partial charge in [0.25, 0.3) is 0 Å². The molecular formula is C15H29Br2Cl. The Morgan fingerprint density at radius 2 is 1.39 bits per heavy atom. The van der Waals surface area contributed by atoms with Crippen LogP contribution in [-0.4, -0.2) is 15.5 Å². The van der Waals surface area contributed by atoms with Gasteiger partial charge in [-0.15, -0.1) is 11.6 Å². The highest BCUT2D eigenvalue weighted by Gasteiger charge is 2.14. The van der Waals surface area contributed by atoms with Gasteiger partial charge in [0.2, 0.25) is 0 Å². The van der Waals surface area contributed by atoms with Crippen LogP contribution in [0, 0.1) is 5.92 Å². The summed E-state index contributed by atoms with van der Waals surface area (Å²) in [6.07, 6.45) is 12.0. The van der Waals surface area contributed by atoms with E-state index < -0.39 is 0 Å².